The van der Waals surface area contributed by atoms with Gasteiger partial charge in [-0.15, -0.1) is 0 Å². The molecule has 0 saturated carbocycles. The highest BCUT2D eigenvalue weighted by atomic mass is 79.9. The maximum atomic E-state index is 6.25. The van der Waals surface area contributed by atoms with Crippen LogP contribution in [0.15, 0.2) is 40.9 Å². The third-order valence-electron chi connectivity index (χ3n) is 2.96. The molecule has 0 aliphatic rings. The lowest BCUT2D eigenvalue weighted by atomic mass is 10.1. The first kappa shape index (κ1) is 15.5. The summed E-state index contributed by atoms with van der Waals surface area (Å²) in [4.78, 5) is 0. The van der Waals surface area contributed by atoms with Gasteiger partial charge in [0.2, 0.25) is 0 Å². The first-order chi connectivity index (χ1) is 9.51. The summed E-state index contributed by atoms with van der Waals surface area (Å²) in [6.07, 6.45) is 0. The fourth-order valence-corrected chi connectivity index (χ4v) is 3.03. The van der Waals surface area contributed by atoms with Gasteiger partial charge in [-0.25, -0.2) is 0 Å². The van der Waals surface area contributed by atoms with Crippen LogP contribution in [0.25, 0.3) is 0 Å². The van der Waals surface area contributed by atoms with Crippen LogP contribution in [0.1, 0.15) is 18.5 Å². The van der Waals surface area contributed by atoms with Gasteiger partial charge in [0.1, 0.15) is 5.75 Å². The van der Waals surface area contributed by atoms with E-state index in [4.69, 9.17) is 27.9 Å². The Labute approximate surface area is 137 Å². The Bertz CT molecular complexity index is 619. The van der Waals surface area contributed by atoms with Gasteiger partial charge in [-0.1, -0.05) is 45.2 Å². The molecule has 0 aliphatic carbocycles. The summed E-state index contributed by atoms with van der Waals surface area (Å²) in [7, 11) is 1.60. The Balaban J connectivity index is 2.18. The SMILES string of the molecule is COc1ccc(NC(C)c2ccc(Br)cc2Cl)cc1Cl. The molecule has 1 atom stereocenters. The van der Waals surface area contributed by atoms with Crippen LogP contribution in [0.4, 0.5) is 5.69 Å². The highest BCUT2D eigenvalue weighted by Crippen LogP contribution is 2.31. The zero-order chi connectivity index (χ0) is 14.7. The molecule has 0 radical (unpaired) electrons. The Kier molecular flexibility index (Phi) is 5.19. The molecule has 0 fully saturated rings. The van der Waals surface area contributed by atoms with Crippen molar-refractivity contribution in [3.63, 3.8) is 0 Å². The number of hydrogen-bond acceptors (Lipinski definition) is 2. The minimum atomic E-state index is 0.0695. The predicted octanol–water partition coefficient (Wildman–Crippen LogP) is 5.94. The average molecular weight is 375 g/mol. The zero-order valence-corrected chi connectivity index (χ0v) is 14.2. The molecule has 0 aliphatic heterocycles. The molecule has 0 amide bonds. The van der Waals surface area contributed by atoms with Crippen LogP contribution in [-0.4, -0.2) is 7.11 Å². The van der Waals surface area contributed by atoms with Crippen LogP contribution < -0.4 is 10.1 Å². The standard InChI is InChI=1S/C15H14BrCl2NO/c1-9(12-5-3-10(16)7-13(12)17)19-11-4-6-15(20-2)14(18)8-11/h3-9,19H,1-2H3. The van der Waals surface area contributed by atoms with Gasteiger partial charge in [0.05, 0.1) is 12.1 Å². The molecule has 2 aromatic carbocycles. The van der Waals surface area contributed by atoms with Crippen molar-refractivity contribution in [3.8, 4) is 5.75 Å². The topological polar surface area (TPSA) is 21.3 Å². The Morgan fingerprint density at radius 2 is 1.85 bits per heavy atom. The first-order valence-electron chi connectivity index (χ1n) is 6.06. The lowest BCUT2D eigenvalue weighted by Gasteiger charge is -2.18. The van der Waals surface area contributed by atoms with Crippen molar-refractivity contribution in [2.24, 2.45) is 0 Å². The Hall–Kier alpha value is -0.900. The van der Waals surface area contributed by atoms with E-state index in [1.54, 1.807) is 7.11 Å². The fourth-order valence-electron chi connectivity index (χ4n) is 1.94. The zero-order valence-electron chi connectivity index (χ0n) is 11.1. The third kappa shape index (κ3) is 3.60. The van der Waals surface area contributed by atoms with Gasteiger partial charge in [-0.05, 0) is 42.8 Å². The maximum Gasteiger partial charge on any atom is 0.137 e. The summed E-state index contributed by atoms with van der Waals surface area (Å²) in [5, 5.41) is 4.67. The number of benzene rings is 2. The number of anilines is 1. The summed E-state index contributed by atoms with van der Waals surface area (Å²) in [6, 6.07) is 11.5. The second-order valence-corrected chi connectivity index (χ2v) is 6.11. The van der Waals surface area contributed by atoms with Gasteiger partial charge in [-0.2, -0.15) is 0 Å². The second-order valence-electron chi connectivity index (χ2n) is 4.38. The smallest absolute Gasteiger partial charge is 0.137 e. The van der Waals surface area contributed by atoms with E-state index < -0.39 is 0 Å². The van der Waals surface area contributed by atoms with Crippen molar-refractivity contribution in [3.05, 3.63) is 56.5 Å². The summed E-state index contributed by atoms with van der Waals surface area (Å²) >= 11 is 15.8. The molecule has 106 valence electrons. The quantitative estimate of drug-likeness (QED) is 0.715. The van der Waals surface area contributed by atoms with Crippen LogP contribution in [0, 0.1) is 0 Å². The number of nitrogens with one attached hydrogen (secondary N) is 1. The molecular weight excluding hydrogens is 361 g/mol. The van der Waals surface area contributed by atoms with Crippen LogP contribution in [0.2, 0.25) is 10.0 Å². The van der Waals surface area contributed by atoms with Gasteiger partial charge in [0, 0.05) is 21.2 Å². The van der Waals surface area contributed by atoms with E-state index in [-0.39, 0.29) is 6.04 Å². The van der Waals surface area contributed by atoms with Crippen LogP contribution >= 0.6 is 39.1 Å². The van der Waals surface area contributed by atoms with Gasteiger partial charge >= 0.3 is 0 Å². The molecule has 0 saturated heterocycles. The molecule has 1 N–H and O–H groups in total. The summed E-state index contributed by atoms with van der Waals surface area (Å²) in [5.41, 5.74) is 1.95. The van der Waals surface area contributed by atoms with Gasteiger partial charge in [0.25, 0.3) is 0 Å². The Morgan fingerprint density at radius 1 is 1.10 bits per heavy atom. The van der Waals surface area contributed by atoms with Gasteiger partial charge in [0.15, 0.2) is 0 Å². The van der Waals surface area contributed by atoms with E-state index in [9.17, 15) is 0 Å². The first-order valence-corrected chi connectivity index (χ1v) is 7.61. The predicted molar refractivity (Wildman–Crippen MR) is 89.2 cm³/mol. The van der Waals surface area contributed by atoms with Crippen molar-refractivity contribution < 1.29 is 4.74 Å². The molecule has 0 aromatic heterocycles. The van der Waals surface area contributed by atoms with Gasteiger partial charge < -0.3 is 10.1 Å². The average Bonchev–Trinajstić information content (AvgIpc) is 2.38. The largest absolute Gasteiger partial charge is 0.495 e. The highest BCUT2D eigenvalue weighted by Gasteiger charge is 2.11. The van der Waals surface area contributed by atoms with Crippen molar-refractivity contribution >= 4 is 44.8 Å². The van der Waals surface area contributed by atoms with E-state index in [1.165, 1.54) is 0 Å². The molecule has 0 spiro atoms. The lowest BCUT2D eigenvalue weighted by molar-refractivity contribution is 0.415. The minimum absolute atomic E-state index is 0.0695. The van der Waals surface area contributed by atoms with Crippen molar-refractivity contribution in [2.45, 2.75) is 13.0 Å². The van der Waals surface area contributed by atoms with Crippen molar-refractivity contribution in [1.82, 2.24) is 0 Å². The van der Waals surface area contributed by atoms with Crippen molar-refractivity contribution in [2.75, 3.05) is 12.4 Å². The molecule has 0 bridgehead atoms. The minimum Gasteiger partial charge on any atom is -0.495 e. The van der Waals surface area contributed by atoms with Gasteiger partial charge in [-0.3, -0.25) is 0 Å². The van der Waals surface area contributed by atoms with E-state index >= 15 is 0 Å². The molecule has 2 aromatic rings. The molecule has 1 unspecified atom stereocenters. The third-order valence-corrected chi connectivity index (χ3v) is 4.08. The molecule has 20 heavy (non-hydrogen) atoms. The number of methoxy groups -OCH3 is 1. The summed E-state index contributed by atoms with van der Waals surface area (Å²) < 4.78 is 6.10. The molecule has 2 rings (SSSR count). The number of hydrogen-bond donors (Lipinski definition) is 1. The number of ether oxygens (including phenoxy) is 1. The van der Waals surface area contributed by atoms with Crippen LogP contribution in [-0.2, 0) is 0 Å². The molecule has 0 heterocycles. The lowest BCUT2D eigenvalue weighted by Crippen LogP contribution is -2.07. The van der Waals surface area contributed by atoms with E-state index in [2.05, 4.69) is 21.2 Å². The monoisotopic (exact) mass is 373 g/mol. The summed E-state index contributed by atoms with van der Waals surface area (Å²) in [5.74, 6) is 0.659. The van der Waals surface area contributed by atoms with Crippen LogP contribution in [0.3, 0.4) is 0 Å². The molecule has 5 heteroatoms. The van der Waals surface area contributed by atoms with Crippen LogP contribution in [0.5, 0.6) is 5.75 Å². The highest BCUT2D eigenvalue weighted by molar-refractivity contribution is 9.10. The summed E-state index contributed by atoms with van der Waals surface area (Å²) in [6.45, 7) is 2.05. The van der Waals surface area contributed by atoms with E-state index in [0.29, 0.717) is 10.8 Å². The fraction of sp³-hybridized carbons (Fsp3) is 0.200. The molecular formula is C15H14BrCl2NO. The van der Waals surface area contributed by atoms with E-state index in [1.807, 2.05) is 43.3 Å². The number of halogens is 3. The molecule has 2 nitrogen and oxygen atoms in total. The van der Waals surface area contributed by atoms with Crippen molar-refractivity contribution in [1.29, 1.82) is 0 Å². The maximum absolute atomic E-state index is 6.25. The van der Waals surface area contributed by atoms with E-state index in [0.717, 1.165) is 20.7 Å². The number of rotatable bonds is 4. The Morgan fingerprint density at radius 3 is 2.45 bits per heavy atom. The normalized spacial score (nSPS) is 12.1. The second kappa shape index (κ2) is 6.70.